The van der Waals surface area contributed by atoms with Crippen molar-refractivity contribution in [3.05, 3.63) is 0 Å². The maximum Gasteiger partial charge on any atom is 0.305 e. The predicted molar refractivity (Wildman–Crippen MR) is 324 cm³/mol. The van der Waals surface area contributed by atoms with Crippen LogP contribution in [0.3, 0.4) is 0 Å². The highest BCUT2D eigenvalue weighted by atomic mass is 16.5. The predicted octanol–water partition coefficient (Wildman–Crippen LogP) is 21.8. The van der Waals surface area contributed by atoms with Crippen LogP contribution in [0, 0.1) is 0 Å². The summed E-state index contributed by atoms with van der Waals surface area (Å²) in [5, 5.41) is 23.4. The summed E-state index contributed by atoms with van der Waals surface area (Å²) in [4.78, 5) is 24.6. The van der Waals surface area contributed by atoms with Crippen LogP contribution < -0.4 is 5.32 Å². The fourth-order valence-electron chi connectivity index (χ4n) is 11.2. The Morgan fingerprint density at radius 1 is 0.324 bits per heavy atom. The van der Waals surface area contributed by atoms with Gasteiger partial charge in [0.25, 0.3) is 0 Å². The number of nitrogens with one attached hydrogen (secondary N) is 1. The second kappa shape index (κ2) is 64.4. The summed E-state index contributed by atoms with van der Waals surface area (Å²) in [6.07, 6.45) is 77.1. The second-order valence-corrected chi connectivity index (χ2v) is 23.9. The average molecular weight is 1050 g/mol. The van der Waals surface area contributed by atoms with Crippen molar-refractivity contribution in [1.82, 2.24) is 5.32 Å². The van der Waals surface area contributed by atoms with E-state index in [9.17, 15) is 19.8 Å². The normalized spacial score (nSPS) is 12.4. The van der Waals surface area contributed by atoms with Gasteiger partial charge in [-0.25, -0.2) is 0 Å². The maximum atomic E-state index is 12.5. The molecule has 0 radical (unpaired) electrons. The third-order valence-electron chi connectivity index (χ3n) is 16.4. The smallest absolute Gasteiger partial charge is 0.305 e. The van der Waals surface area contributed by atoms with Gasteiger partial charge in [-0.2, -0.15) is 0 Å². The van der Waals surface area contributed by atoms with Crippen molar-refractivity contribution < 1.29 is 24.5 Å². The minimum absolute atomic E-state index is 0.0198. The number of carbonyl (C=O) groups is 2. The average Bonchev–Trinajstić information content (AvgIpc) is 3.40. The largest absolute Gasteiger partial charge is 0.466 e. The van der Waals surface area contributed by atoms with E-state index in [2.05, 4.69) is 19.2 Å². The van der Waals surface area contributed by atoms with Gasteiger partial charge < -0.3 is 20.3 Å². The summed E-state index contributed by atoms with van der Waals surface area (Å²) in [6, 6.07) is -0.540. The standard InChI is InChI=1S/C68H135NO5/c1-3-5-7-9-11-13-15-17-19-28-32-36-40-44-48-52-56-60-66(71)65(64-70)69-67(72)61-57-53-49-45-41-37-33-30-26-24-22-21-23-25-27-31-35-39-43-47-51-55-59-63-74-68(73)62-58-54-50-46-42-38-34-29-20-18-16-14-12-10-8-6-4-2/h65-66,70-71H,3-64H2,1-2H3,(H,69,72). The lowest BCUT2D eigenvalue weighted by molar-refractivity contribution is -0.143. The summed E-state index contributed by atoms with van der Waals surface area (Å²) in [6.45, 7) is 5.00. The van der Waals surface area contributed by atoms with E-state index in [4.69, 9.17) is 4.74 Å². The van der Waals surface area contributed by atoms with Crippen molar-refractivity contribution >= 4 is 11.9 Å². The van der Waals surface area contributed by atoms with Crippen LogP contribution in [0.2, 0.25) is 0 Å². The van der Waals surface area contributed by atoms with Gasteiger partial charge in [0.2, 0.25) is 5.91 Å². The molecule has 2 atom stereocenters. The molecule has 0 aliphatic heterocycles. The van der Waals surface area contributed by atoms with Crippen molar-refractivity contribution in [3.63, 3.8) is 0 Å². The lowest BCUT2D eigenvalue weighted by Crippen LogP contribution is -2.45. The molecule has 0 fully saturated rings. The fraction of sp³-hybridized carbons (Fsp3) is 0.971. The molecule has 0 bridgehead atoms. The number of hydrogen-bond acceptors (Lipinski definition) is 5. The highest BCUT2D eigenvalue weighted by Crippen LogP contribution is 2.19. The van der Waals surface area contributed by atoms with Crippen LogP contribution >= 0.6 is 0 Å². The Kier molecular flexibility index (Phi) is 63.4. The first kappa shape index (κ1) is 72.9. The van der Waals surface area contributed by atoms with Gasteiger partial charge >= 0.3 is 5.97 Å². The Balaban J connectivity index is 3.34. The van der Waals surface area contributed by atoms with E-state index < -0.39 is 12.1 Å². The fourth-order valence-corrected chi connectivity index (χ4v) is 11.2. The Morgan fingerprint density at radius 2 is 0.554 bits per heavy atom. The summed E-state index contributed by atoms with van der Waals surface area (Å²) in [5.41, 5.74) is 0. The second-order valence-electron chi connectivity index (χ2n) is 23.9. The Bertz CT molecular complexity index is 1070. The minimum Gasteiger partial charge on any atom is -0.466 e. The molecule has 0 aliphatic rings. The molecule has 6 heteroatoms. The molecule has 0 saturated carbocycles. The molecule has 442 valence electrons. The van der Waals surface area contributed by atoms with E-state index in [-0.39, 0.29) is 18.5 Å². The first-order valence-corrected chi connectivity index (χ1v) is 34.3. The molecule has 0 heterocycles. The lowest BCUT2D eigenvalue weighted by Gasteiger charge is -2.22. The number of amides is 1. The van der Waals surface area contributed by atoms with E-state index in [1.165, 1.54) is 327 Å². The first-order valence-electron chi connectivity index (χ1n) is 34.3. The molecule has 3 N–H and O–H groups in total. The molecule has 0 aromatic rings. The topological polar surface area (TPSA) is 95.9 Å². The zero-order chi connectivity index (χ0) is 53.6. The third-order valence-corrected chi connectivity index (χ3v) is 16.4. The summed E-state index contributed by atoms with van der Waals surface area (Å²) < 4.78 is 5.51. The molecule has 1 amide bonds. The molecule has 0 aromatic heterocycles. The van der Waals surface area contributed by atoms with Crippen LogP contribution in [-0.4, -0.2) is 47.4 Å². The van der Waals surface area contributed by atoms with Crippen molar-refractivity contribution in [2.24, 2.45) is 0 Å². The zero-order valence-electron chi connectivity index (χ0n) is 50.6. The van der Waals surface area contributed by atoms with Crippen LogP contribution in [0.5, 0.6) is 0 Å². The van der Waals surface area contributed by atoms with Gasteiger partial charge in [0.05, 0.1) is 25.4 Å². The minimum atomic E-state index is -0.663. The van der Waals surface area contributed by atoms with Crippen LogP contribution in [0.15, 0.2) is 0 Å². The van der Waals surface area contributed by atoms with Crippen molar-refractivity contribution in [1.29, 1.82) is 0 Å². The van der Waals surface area contributed by atoms with Crippen molar-refractivity contribution in [2.45, 2.75) is 411 Å². The molecule has 2 unspecified atom stereocenters. The molecule has 0 rings (SSSR count). The number of rotatable bonds is 65. The molecule has 0 saturated heterocycles. The third kappa shape index (κ3) is 60.1. The Hall–Kier alpha value is -1.14. The zero-order valence-corrected chi connectivity index (χ0v) is 50.6. The van der Waals surface area contributed by atoms with Gasteiger partial charge in [-0.3, -0.25) is 9.59 Å². The van der Waals surface area contributed by atoms with Gasteiger partial charge in [0.1, 0.15) is 0 Å². The highest BCUT2D eigenvalue weighted by Gasteiger charge is 2.20. The van der Waals surface area contributed by atoms with Crippen LogP contribution in [0.25, 0.3) is 0 Å². The van der Waals surface area contributed by atoms with Gasteiger partial charge in [-0.1, -0.05) is 361 Å². The molecule has 0 spiro atoms. The van der Waals surface area contributed by atoms with Crippen molar-refractivity contribution in [2.75, 3.05) is 13.2 Å². The number of esters is 1. The molecule has 6 nitrogen and oxygen atoms in total. The highest BCUT2D eigenvalue weighted by molar-refractivity contribution is 5.76. The van der Waals surface area contributed by atoms with Crippen LogP contribution in [-0.2, 0) is 14.3 Å². The number of ether oxygens (including phenoxy) is 1. The number of unbranched alkanes of at least 4 members (excludes halogenated alkanes) is 54. The first-order chi connectivity index (χ1) is 36.5. The van der Waals surface area contributed by atoms with E-state index in [0.29, 0.717) is 25.9 Å². The van der Waals surface area contributed by atoms with E-state index in [1.807, 2.05) is 0 Å². The van der Waals surface area contributed by atoms with E-state index in [1.54, 1.807) is 0 Å². The van der Waals surface area contributed by atoms with Gasteiger partial charge in [-0.05, 0) is 25.7 Å². The van der Waals surface area contributed by atoms with Gasteiger partial charge in [0, 0.05) is 12.8 Å². The number of aliphatic hydroxyl groups is 2. The number of aliphatic hydroxyl groups excluding tert-OH is 2. The molecule has 74 heavy (non-hydrogen) atoms. The van der Waals surface area contributed by atoms with E-state index in [0.717, 1.165) is 38.5 Å². The van der Waals surface area contributed by atoms with Gasteiger partial charge in [0.15, 0.2) is 0 Å². The van der Waals surface area contributed by atoms with Crippen LogP contribution in [0.1, 0.15) is 399 Å². The van der Waals surface area contributed by atoms with Crippen molar-refractivity contribution in [3.8, 4) is 0 Å². The quantitative estimate of drug-likeness (QED) is 0.0417. The molecule has 0 aliphatic carbocycles. The number of carbonyl (C=O) groups excluding carboxylic acids is 2. The number of hydrogen-bond donors (Lipinski definition) is 3. The Labute approximate surface area is 464 Å². The van der Waals surface area contributed by atoms with Crippen LogP contribution in [0.4, 0.5) is 0 Å². The monoisotopic (exact) mass is 1050 g/mol. The molecule has 0 aromatic carbocycles. The summed E-state index contributed by atoms with van der Waals surface area (Å²) in [7, 11) is 0. The lowest BCUT2D eigenvalue weighted by atomic mass is 10.0. The molecular formula is C68H135NO5. The SMILES string of the molecule is CCCCCCCCCCCCCCCCCCCC(=O)OCCCCCCCCCCCCCCCCCCCCCCCCCC(=O)NC(CO)C(O)CCCCCCCCCCCCCCCCCCC. The Morgan fingerprint density at radius 3 is 0.824 bits per heavy atom. The maximum absolute atomic E-state index is 12.5. The molecular weight excluding hydrogens is 911 g/mol. The van der Waals surface area contributed by atoms with E-state index >= 15 is 0 Å². The summed E-state index contributed by atoms with van der Waals surface area (Å²) in [5.74, 6) is -0.0103. The summed E-state index contributed by atoms with van der Waals surface area (Å²) >= 11 is 0. The van der Waals surface area contributed by atoms with Gasteiger partial charge in [-0.15, -0.1) is 0 Å².